The van der Waals surface area contributed by atoms with E-state index in [0.717, 1.165) is 32.2 Å². The summed E-state index contributed by atoms with van der Waals surface area (Å²) in [6.45, 7) is 5.17. The molecule has 1 aliphatic rings. The highest BCUT2D eigenvalue weighted by Crippen LogP contribution is 2.38. The van der Waals surface area contributed by atoms with Crippen molar-refractivity contribution in [2.75, 3.05) is 13.2 Å². The van der Waals surface area contributed by atoms with Gasteiger partial charge in [-0.05, 0) is 50.6 Å². The van der Waals surface area contributed by atoms with Crippen molar-refractivity contribution >= 4 is 5.97 Å². The lowest BCUT2D eigenvalue weighted by Gasteiger charge is -2.38. The molecule has 0 aromatic heterocycles. The Hall–Kier alpha value is -1.35. The van der Waals surface area contributed by atoms with Crippen LogP contribution in [0.25, 0.3) is 0 Å². The molecule has 20 heavy (non-hydrogen) atoms. The van der Waals surface area contributed by atoms with Crippen molar-refractivity contribution in [3.63, 3.8) is 0 Å². The van der Waals surface area contributed by atoms with Gasteiger partial charge in [0.05, 0.1) is 6.61 Å². The maximum atomic E-state index is 12.3. The first-order valence-electron chi connectivity index (χ1n) is 7.69. The van der Waals surface area contributed by atoms with Crippen LogP contribution < -0.4 is 5.32 Å². The third-order valence-corrected chi connectivity index (χ3v) is 4.29. The molecule has 0 atom stereocenters. The van der Waals surface area contributed by atoms with E-state index < -0.39 is 5.54 Å². The third-order valence-electron chi connectivity index (χ3n) is 4.29. The molecule has 0 aliphatic heterocycles. The van der Waals surface area contributed by atoms with Gasteiger partial charge in [0, 0.05) is 0 Å². The minimum Gasteiger partial charge on any atom is -0.465 e. The molecule has 3 heteroatoms. The van der Waals surface area contributed by atoms with Gasteiger partial charge in [0.15, 0.2) is 0 Å². The summed E-state index contributed by atoms with van der Waals surface area (Å²) in [5.74, 6) is 0.491. The van der Waals surface area contributed by atoms with E-state index in [1.54, 1.807) is 0 Å². The molecule has 110 valence electrons. The molecule has 1 fully saturated rings. The Balaban J connectivity index is 2.04. The molecule has 0 unspecified atom stereocenters. The predicted octanol–water partition coefficient (Wildman–Crippen LogP) is 3.26. The standard InChI is InChI=1S/C17H25NO2/c1-3-18-17(16(19)20-4-2)12-10-15(11-13-17)14-8-6-5-7-9-14/h5-9,15,18H,3-4,10-13H2,1-2H3. The Morgan fingerprint density at radius 2 is 1.90 bits per heavy atom. The van der Waals surface area contributed by atoms with Gasteiger partial charge < -0.3 is 10.1 Å². The van der Waals surface area contributed by atoms with Gasteiger partial charge in [-0.3, -0.25) is 4.79 Å². The number of ether oxygens (including phenoxy) is 1. The molecule has 0 radical (unpaired) electrons. The molecule has 1 aliphatic carbocycles. The summed E-state index contributed by atoms with van der Waals surface area (Å²) in [4.78, 5) is 12.3. The van der Waals surface area contributed by atoms with E-state index in [-0.39, 0.29) is 5.97 Å². The lowest BCUT2D eigenvalue weighted by Crippen LogP contribution is -2.54. The lowest BCUT2D eigenvalue weighted by atomic mass is 9.74. The van der Waals surface area contributed by atoms with Gasteiger partial charge in [-0.1, -0.05) is 37.3 Å². The van der Waals surface area contributed by atoms with Crippen molar-refractivity contribution in [3.05, 3.63) is 35.9 Å². The maximum Gasteiger partial charge on any atom is 0.326 e. The van der Waals surface area contributed by atoms with Crippen LogP contribution in [0.15, 0.2) is 30.3 Å². The third kappa shape index (κ3) is 3.21. The molecule has 1 aromatic rings. The number of nitrogens with one attached hydrogen (secondary N) is 1. The molecular weight excluding hydrogens is 250 g/mol. The highest BCUT2D eigenvalue weighted by molar-refractivity contribution is 5.81. The van der Waals surface area contributed by atoms with Crippen molar-refractivity contribution in [3.8, 4) is 0 Å². The van der Waals surface area contributed by atoms with Crippen molar-refractivity contribution in [1.82, 2.24) is 5.32 Å². The zero-order valence-electron chi connectivity index (χ0n) is 12.5. The lowest BCUT2D eigenvalue weighted by molar-refractivity contribution is -0.153. The minimum absolute atomic E-state index is 0.0756. The van der Waals surface area contributed by atoms with E-state index >= 15 is 0 Å². The summed E-state index contributed by atoms with van der Waals surface area (Å²) in [5, 5.41) is 3.38. The Morgan fingerprint density at radius 1 is 1.25 bits per heavy atom. The van der Waals surface area contributed by atoms with Gasteiger partial charge >= 0.3 is 5.97 Å². The Bertz CT molecular complexity index is 422. The number of carbonyl (C=O) groups is 1. The highest BCUT2D eigenvalue weighted by Gasteiger charge is 2.42. The Kier molecular flexibility index (Phi) is 5.18. The van der Waals surface area contributed by atoms with Gasteiger partial charge in [0.2, 0.25) is 0 Å². The molecule has 1 saturated carbocycles. The van der Waals surface area contributed by atoms with Gasteiger partial charge in [0.25, 0.3) is 0 Å². The van der Waals surface area contributed by atoms with Gasteiger partial charge in [-0.25, -0.2) is 0 Å². The molecular formula is C17H25NO2. The molecule has 0 spiro atoms. The average molecular weight is 275 g/mol. The zero-order valence-corrected chi connectivity index (χ0v) is 12.5. The molecule has 3 nitrogen and oxygen atoms in total. The van der Waals surface area contributed by atoms with E-state index in [4.69, 9.17) is 4.74 Å². The van der Waals surface area contributed by atoms with E-state index in [9.17, 15) is 4.79 Å². The summed E-state index contributed by atoms with van der Waals surface area (Å²) in [5.41, 5.74) is 0.928. The van der Waals surface area contributed by atoms with Crippen LogP contribution in [0.1, 0.15) is 51.0 Å². The number of carbonyl (C=O) groups excluding carboxylic acids is 1. The second-order valence-electron chi connectivity index (χ2n) is 5.52. The molecule has 2 rings (SSSR count). The van der Waals surface area contributed by atoms with Crippen LogP contribution in [0, 0.1) is 0 Å². The van der Waals surface area contributed by atoms with Gasteiger partial charge in [0.1, 0.15) is 5.54 Å². The normalized spacial score (nSPS) is 26.2. The maximum absolute atomic E-state index is 12.3. The fourth-order valence-electron chi connectivity index (χ4n) is 3.23. The van der Waals surface area contributed by atoms with Crippen molar-refractivity contribution in [1.29, 1.82) is 0 Å². The summed E-state index contributed by atoms with van der Waals surface area (Å²) >= 11 is 0. The van der Waals surface area contributed by atoms with Crippen LogP contribution in [0.5, 0.6) is 0 Å². The number of hydrogen-bond donors (Lipinski definition) is 1. The van der Waals surface area contributed by atoms with Crippen LogP contribution >= 0.6 is 0 Å². The quantitative estimate of drug-likeness (QED) is 0.838. The first-order valence-corrected chi connectivity index (χ1v) is 7.69. The van der Waals surface area contributed by atoms with Crippen LogP contribution in [-0.2, 0) is 9.53 Å². The topological polar surface area (TPSA) is 38.3 Å². The summed E-state index contributed by atoms with van der Waals surface area (Å²) in [6.07, 6.45) is 3.80. The number of hydrogen-bond acceptors (Lipinski definition) is 3. The first kappa shape index (κ1) is 15.0. The van der Waals surface area contributed by atoms with Crippen LogP contribution in [0.3, 0.4) is 0 Å². The smallest absolute Gasteiger partial charge is 0.326 e. The van der Waals surface area contributed by atoms with E-state index in [0.29, 0.717) is 12.5 Å². The van der Waals surface area contributed by atoms with Crippen molar-refractivity contribution in [2.24, 2.45) is 0 Å². The van der Waals surface area contributed by atoms with E-state index in [2.05, 4.69) is 29.6 Å². The summed E-state index contributed by atoms with van der Waals surface area (Å²) in [6, 6.07) is 10.6. The molecule has 0 saturated heterocycles. The Labute approximate surface area is 121 Å². The predicted molar refractivity (Wildman–Crippen MR) is 80.7 cm³/mol. The second-order valence-corrected chi connectivity index (χ2v) is 5.52. The van der Waals surface area contributed by atoms with E-state index in [1.807, 2.05) is 19.9 Å². The number of esters is 1. The number of rotatable bonds is 5. The summed E-state index contributed by atoms with van der Waals surface area (Å²) < 4.78 is 5.28. The van der Waals surface area contributed by atoms with Gasteiger partial charge in [-0.15, -0.1) is 0 Å². The first-order chi connectivity index (χ1) is 9.72. The number of likely N-dealkylation sites (N-methyl/N-ethyl adjacent to an activating group) is 1. The van der Waals surface area contributed by atoms with Crippen LogP contribution in [-0.4, -0.2) is 24.7 Å². The molecule has 0 bridgehead atoms. The fourth-order valence-corrected chi connectivity index (χ4v) is 3.23. The number of benzene rings is 1. The fraction of sp³-hybridized carbons (Fsp3) is 0.588. The molecule has 0 amide bonds. The highest BCUT2D eigenvalue weighted by atomic mass is 16.5. The molecule has 1 aromatic carbocycles. The monoisotopic (exact) mass is 275 g/mol. The van der Waals surface area contributed by atoms with Crippen LogP contribution in [0.2, 0.25) is 0 Å². The van der Waals surface area contributed by atoms with Gasteiger partial charge in [-0.2, -0.15) is 0 Å². The zero-order chi connectivity index (χ0) is 14.4. The minimum atomic E-state index is -0.462. The van der Waals surface area contributed by atoms with Crippen molar-refractivity contribution in [2.45, 2.75) is 51.0 Å². The average Bonchev–Trinajstić information content (AvgIpc) is 2.49. The summed E-state index contributed by atoms with van der Waals surface area (Å²) in [7, 11) is 0. The van der Waals surface area contributed by atoms with Crippen LogP contribution in [0.4, 0.5) is 0 Å². The second kappa shape index (κ2) is 6.89. The largest absolute Gasteiger partial charge is 0.465 e. The van der Waals surface area contributed by atoms with E-state index in [1.165, 1.54) is 5.56 Å². The van der Waals surface area contributed by atoms with Crippen molar-refractivity contribution < 1.29 is 9.53 Å². The Morgan fingerprint density at radius 3 is 2.45 bits per heavy atom. The SMILES string of the molecule is CCNC1(C(=O)OCC)CCC(c2ccccc2)CC1. The molecule has 1 N–H and O–H groups in total. The molecule has 0 heterocycles.